The van der Waals surface area contributed by atoms with Crippen molar-refractivity contribution in [1.29, 1.82) is 0 Å². The molecule has 2 heterocycles. The number of sulfonamides is 1. The van der Waals surface area contributed by atoms with Gasteiger partial charge < -0.3 is 5.73 Å². The average molecular weight is 367 g/mol. The molecular formula is C15H15ClN4O3S. The van der Waals surface area contributed by atoms with Crippen LogP contribution in [0.3, 0.4) is 0 Å². The number of primary amides is 1. The lowest BCUT2D eigenvalue weighted by Gasteiger charge is -2.27. The third-order valence-corrected chi connectivity index (χ3v) is 5.84. The number of nitrogens with two attached hydrogens (primary N) is 1. The predicted octanol–water partition coefficient (Wildman–Crippen LogP) is 1.12. The highest BCUT2D eigenvalue weighted by atomic mass is 35.5. The van der Waals surface area contributed by atoms with E-state index >= 15 is 0 Å². The summed E-state index contributed by atoms with van der Waals surface area (Å²) in [4.78, 5) is 19.2. The highest BCUT2D eigenvalue weighted by Crippen LogP contribution is 2.22. The number of aromatic nitrogens is 2. The van der Waals surface area contributed by atoms with Crippen molar-refractivity contribution in [2.75, 3.05) is 6.54 Å². The first-order chi connectivity index (χ1) is 11.3. The minimum Gasteiger partial charge on any atom is -0.363 e. The molecule has 9 heteroatoms. The van der Waals surface area contributed by atoms with E-state index in [1.165, 1.54) is 10.5 Å². The normalized spacial score (nSPS) is 15.0. The quantitative estimate of drug-likeness (QED) is 0.872. The Morgan fingerprint density at radius 3 is 2.67 bits per heavy atom. The molecule has 2 aromatic rings. The molecule has 0 spiro atoms. The number of benzene rings is 1. The van der Waals surface area contributed by atoms with Gasteiger partial charge in [-0.15, -0.1) is 0 Å². The molecule has 1 aromatic carbocycles. The molecular weight excluding hydrogens is 352 g/mol. The summed E-state index contributed by atoms with van der Waals surface area (Å²) in [5.41, 5.74) is 7.18. The standard InChI is InChI=1S/C15H15ClN4O3S/c16-12-3-1-10(2-4-12)9-24(22,23)20-6-5-11-7-18-15(14(17)21)19-13(11)8-20/h1-4,7H,5-6,8-9H2,(H2,17,21). The number of halogens is 1. The van der Waals surface area contributed by atoms with Gasteiger partial charge >= 0.3 is 0 Å². The van der Waals surface area contributed by atoms with Crippen LogP contribution in [0.4, 0.5) is 0 Å². The van der Waals surface area contributed by atoms with Crippen molar-refractivity contribution in [2.24, 2.45) is 5.73 Å². The zero-order valence-electron chi connectivity index (χ0n) is 12.6. The maximum Gasteiger partial charge on any atom is 0.286 e. The molecule has 0 aliphatic carbocycles. The maximum atomic E-state index is 12.6. The molecule has 1 aromatic heterocycles. The fraction of sp³-hybridized carbons (Fsp3) is 0.267. The van der Waals surface area contributed by atoms with Crippen LogP contribution in [0, 0.1) is 0 Å². The second-order valence-electron chi connectivity index (χ2n) is 5.50. The van der Waals surface area contributed by atoms with Crippen LogP contribution in [-0.2, 0) is 28.7 Å². The highest BCUT2D eigenvalue weighted by Gasteiger charge is 2.28. The Kier molecular flexibility index (Phi) is 4.53. The van der Waals surface area contributed by atoms with Crippen LogP contribution in [0.5, 0.6) is 0 Å². The number of nitrogens with zero attached hydrogens (tertiary/aromatic N) is 3. The van der Waals surface area contributed by atoms with Crippen LogP contribution in [-0.4, -0.2) is 35.1 Å². The largest absolute Gasteiger partial charge is 0.363 e. The van der Waals surface area contributed by atoms with Crippen molar-refractivity contribution in [1.82, 2.24) is 14.3 Å². The number of amides is 1. The SMILES string of the molecule is NC(=O)c1ncc2c(n1)CN(S(=O)(=O)Cc1ccc(Cl)cc1)CC2. The van der Waals surface area contributed by atoms with Crippen LogP contribution in [0.15, 0.2) is 30.5 Å². The molecule has 7 nitrogen and oxygen atoms in total. The van der Waals surface area contributed by atoms with E-state index in [4.69, 9.17) is 17.3 Å². The molecule has 0 unspecified atom stereocenters. The van der Waals surface area contributed by atoms with E-state index in [2.05, 4.69) is 9.97 Å². The fourth-order valence-electron chi connectivity index (χ4n) is 2.52. The Hall–Kier alpha value is -2.03. The van der Waals surface area contributed by atoms with Crippen LogP contribution in [0.1, 0.15) is 27.4 Å². The van der Waals surface area contributed by atoms with E-state index in [1.807, 2.05) is 0 Å². The zero-order chi connectivity index (χ0) is 17.3. The van der Waals surface area contributed by atoms with Crippen molar-refractivity contribution in [2.45, 2.75) is 18.7 Å². The number of hydrogen-bond donors (Lipinski definition) is 1. The van der Waals surface area contributed by atoms with Crippen LogP contribution >= 0.6 is 11.6 Å². The van der Waals surface area contributed by atoms with E-state index in [0.29, 0.717) is 29.2 Å². The molecule has 0 atom stereocenters. The van der Waals surface area contributed by atoms with Crippen molar-refractivity contribution in [3.63, 3.8) is 0 Å². The van der Waals surface area contributed by atoms with Gasteiger partial charge in [0.25, 0.3) is 5.91 Å². The van der Waals surface area contributed by atoms with Crippen molar-refractivity contribution >= 4 is 27.5 Å². The Bertz CT molecular complexity index is 884. The topological polar surface area (TPSA) is 106 Å². The molecule has 0 saturated carbocycles. The molecule has 1 aliphatic rings. The van der Waals surface area contributed by atoms with Crippen LogP contribution in [0.25, 0.3) is 0 Å². The van der Waals surface area contributed by atoms with Crippen molar-refractivity contribution in [3.05, 3.63) is 58.1 Å². The number of carbonyl (C=O) groups is 1. The second-order valence-corrected chi connectivity index (χ2v) is 7.90. The first-order valence-corrected chi connectivity index (χ1v) is 9.21. The molecule has 24 heavy (non-hydrogen) atoms. The smallest absolute Gasteiger partial charge is 0.286 e. The Balaban J connectivity index is 1.81. The lowest BCUT2D eigenvalue weighted by Crippen LogP contribution is -2.37. The number of carbonyl (C=O) groups excluding carboxylic acids is 1. The number of hydrogen-bond acceptors (Lipinski definition) is 5. The summed E-state index contributed by atoms with van der Waals surface area (Å²) in [6.07, 6.45) is 2.03. The lowest BCUT2D eigenvalue weighted by molar-refractivity contribution is 0.0990. The van der Waals surface area contributed by atoms with Gasteiger partial charge in [0, 0.05) is 17.8 Å². The van der Waals surface area contributed by atoms with Gasteiger partial charge in [-0.25, -0.2) is 18.4 Å². The third-order valence-electron chi connectivity index (χ3n) is 3.79. The Morgan fingerprint density at radius 2 is 2.00 bits per heavy atom. The summed E-state index contributed by atoms with van der Waals surface area (Å²) in [6, 6.07) is 6.69. The van der Waals surface area contributed by atoms with Gasteiger partial charge in [-0.1, -0.05) is 23.7 Å². The highest BCUT2D eigenvalue weighted by molar-refractivity contribution is 7.88. The van der Waals surface area contributed by atoms with E-state index in [9.17, 15) is 13.2 Å². The lowest BCUT2D eigenvalue weighted by atomic mass is 10.1. The zero-order valence-corrected chi connectivity index (χ0v) is 14.2. The summed E-state index contributed by atoms with van der Waals surface area (Å²) in [6.45, 7) is 0.455. The minimum atomic E-state index is -3.51. The molecule has 0 saturated heterocycles. The summed E-state index contributed by atoms with van der Waals surface area (Å²) in [5, 5.41) is 0.554. The third kappa shape index (κ3) is 3.55. The molecule has 3 rings (SSSR count). The first-order valence-electron chi connectivity index (χ1n) is 7.22. The summed E-state index contributed by atoms with van der Waals surface area (Å²) >= 11 is 5.82. The van der Waals surface area contributed by atoms with Gasteiger partial charge in [-0.2, -0.15) is 4.31 Å². The van der Waals surface area contributed by atoms with Gasteiger partial charge in [0.1, 0.15) is 0 Å². The molecule has 126 valence electrons. The second kappa shape index (κ2) is 6.46. The molecule has 0 fully saturated rings. The van der Waals surface area contributed by atoms with Gasteiger partial charge in [0.15, 0.2) is 0 Å². The molecule has 1 aliphatic heterocycles. The average Bonchev–Trinajstić information content (AvgIpc) is 2.55. The summed E-state index contributed by atoms with van der Waals surface area (Å²) in [5.74, 6) is -0.961. The van der Waals surface area contributed by atoms with Crippen molar-refractivity contribution < 1.29 is 13.2 Å². The van der Waals surface area contributed by atoms with Crippen LogP contribution < -0.4 is 5.73 Å². The van der Waals surface area contributed by atoms with E-state index in [-0.39, 0.29) is 18.1 Å². The molecule has 1 amide bonds. The number of fused-ring (bicyclic) bond motifs is 1. The van der Waals surface area contributed by atoms with Gasteiger partial charge in [-0.05, 0) is 29.7 Å². The minimum absolute atomic E-state index is 0.105. The van der Waals surface area contributed by atoms with Gasteiger partial charge in [0.05, 0.1) is 18.0 Å². The van der Waals surface area contributed by atoms with Gasteiger partial charge in [-0.3, -0.25) is 4.79 Å². The van der Waals surface area contributed by atoms with E-state index in [1.54, 1.807) is 24.3 Å². The van der Waals surface area contributed by atoms with Gasteiger partial charge in [0.2, 0.25) is 15.8 Å². The summed E-state index contributed by atoms with van der Waals surface area (Å²) in [7, 11) is -3.51. The number of rotatable bonds is 4. The summed E-state index contributed by atoms with van der Waals surface area (Å²) < 4.78 is 26.6. The molecule has 2 N–H and O–H groups in total. The maximum absolute atomic E-state index is 12.6. The Morgan fingerprint density at radius 1 is 1.29 bits per heavy atom. The monoisotopic (exact) mass is 366 g/mol. The molecule has 0 bridgehead atoms. The Labute approximate surface area is 144 Å². The van der Waals surface area contributed by atoms with Crippen LogP contribution in [0.2, 0.25) is 5.02 Å². The predicted molar refractivity (Wildman–Crippen MR) is 88.7 cm³/mol. The van der Waals surface area contributed by atoms with Crippen molar-refractivity contribution in [3.8, 4) is 0 Å². The molecule has 0 radical (unpaired) electrons. The first kappa shape index (κ1) is 16.8. The fourth-order valence-corrected chi connectivity index (χ4v) is 4.13. The van der Waals surface area contributed by atoms with E-state index in [0.717, 1.165) is 5.56 Å². The van der Waals surface area contributed by atoms with E-state index < -0.39 is 15.9 Å².